The Labute approximate surface area is 106 Å². The Morgan fingerprint density at radius 3 is 2.71 bits per heavy atom. The molecule has 4 nitrogen and oxygen atoms in total. The minimum absolute atomic E-state index is 0.0845. The molecule has 1 aliphatic carbocycles. The maximum absolute atomic E-state index is 12.3. The van der Waals surface area contributed by atoms with E-state index in [1.165, 1.54) is 15.6 Å². The maximum Gasteiger partial charge on any atom is 0.243 e. The molecule has 1 atom stereocenters. The van der Waals surface area contributed by atoms with Crippen LogP contribution in [0.25, 0.3) is 0 Å². The lowest BCUT2D eigenvalue weighted by Gasteiger charge is -2.23. The molecule has 0 saturated heterocycles. The zero-order chi connectivity index (χ0) is 12.6. The van der Waals surface area contributed by atoms with Gasteiger partial charge in [0.15, 0.2) is 0 Å². The molecule has 2 rings (SSSR count). The fraction of sp³-hybridized carbons (Fsp3) is 0.636. The van der Waals surface area contributed by atoms with Gasteiger partial charge in [0.05, 0.1) is 4.90 Å². The summed E-state index contributed by atoms with van der Waals surface area (Å²) < 4.78 is 26.1. The van der Waals surface area contributed by atoms with Crippen molar-refractivity contribution >= 4 is 21.4 Å². The molecule has 0 radical (unpaired) electrons. The van der Waals surface area contributed by atoms with Gasteiger partial charge in [-0.25, -0.2) is 8.42 Å². The van der Waals surface area contributed by atoms with Crippen LogP contribution in [0.5, 0.6) is 0 Å². The molecule has 1 fully saturated rings. The van der Waals surface area contributed by atoms with E-state index in [0.717, 1.165) is 17.7 Å². The highest BCUT2D eigenvalue weighted by Gasteiger charge is 2.36. The van der Waals surface area contributed by atoms with Gasteiger partial charge in [-0.2, -0.15) is 4.31 Å². The molecule has 1 unspecified atom stereocenters. The number of thiophene rings is 1. The summed E-state index contributed by atoms with van der Waals surface area (Å²) in [5.41, 5.74) is 5.50. The van der Waals surface area contributed by atoms with Crippen molar-refractivity contribution in [2.75, 3.05) is 7.05 Å². The largest absolute Gasteiger partial charge is 0.326 e. The molecular formula is C11H18N2O2S2. The fourth-order valence-electron chi connectivity index (χ4n) is 1.86. The Kier molecular flexibility index (Phi) is 3.58. The lowest BCUT2D eigenvalue weighted by atomic mass is 10.2. The molecule has 0 bridgehead atoms. The summed E-state index contributed by atoms with van der Waals surface area (Å²) in [6, 6.07) is 1.76. The molecule has 2 N–H and O–H groups in total. The van der Waals surface area contributed by atoms with Gasteiger partial charge in [-0.05, 0) is 31.7 Å². The Morgan fingerprint density at radius 1 is 1.59 bits per heavy atom. The first kappa shape index (κ1) is 13.0. The number of hydrogen-bond donors (Lipinski definition) is 1. The number of nitrogens with two attached hydrogens (primary N) is 1. The van der Waals surface area contributed by atoms with E-state index in [4.69, 9.17) is 5.73 Å². The number of nitrogens with zero attached hydrogens (tertiary/aromatic N) is 1. The van der Waals surface area contributed by atoms with Gasteiger partial charge < -0.3 is 5.73 Å². The van der Waals surface area contributed by atoms with Crippen molar-refractivity contribution < 1.29 is 8.42 Å². The molecule has 1 aromatic heterocycles. The molecule has 0 spiro atoms. The Morgan fingerprint density at radius 2 is 2.24 bits per heavy atom. The van der Waals surface area contributed by atoms with Crippen molar-refractivity contribution in [2.24, 2.45) is 11.7 Å². The van der Waals surface area contributed by atoms with E-state index in [9.17, 15) is 8.42 Å². The van der Waals surface area contributed by atoms with Gasteiger partial charge >= 0.3 is 0 Å². The second-order valence-corrected chi connectivity index (χ2v) is 7.55. The van der Waals surface area contributed by atoms with E-state index in [2.05, 4.69) is 0 Å². The van der Waals surface area contributed by atoms with Crippen molar-refractivity contribution in [3.8, 4) is 0 Å². The third-order valence-corrected chi connectivity index (χ3v) is 6.42. The third-order valence-electron chi connectivity index (χ3n) is 3.39. The van der Waals surface area contributed by atoms with Crippen LogP contribution in [0.3, 0.4) is 0 Å². The Balaban J connectivity index is 2.22. The van der Waals surface area contributed by atoms with Gasteiger partial charge in [0.1, 0.15) is 0 Å². The zero-order valence-electron chi connectivity index (χ0n) is 10.1. The fourth-order valence-corrected chi connectivity index (χ4v) is 4.43. The molecule has 96 valence electrons. The monoisotopic (exact) mass is 274 g/mol. The molecule has 1 saturated carbocycles. The number of rotatable bonds is 5. The summed E-state index contributed by atoms with van der Waals surface area (Å²) in [6.45, 7) is 2.37. The van der Waals surface area contributed by atoms with E-state index in [1.807, 2.05) is 6.92 Å². The highest BCUT2D eigenvalue weighted by Crippen LogP contribution is 2.36. The van der Waals surface area contributed by atoms with Crippen molar-refractivity contribution in [1.82, 2.24) is 4.31 Å². The van der Waals surface area contributed by atoms with E-state index >= 15 is 0 Å². The summed E-state index contributed by atoms with van der Waals surface area (Å²) in [7, 11) is -1.68. The van der Waals surface area contributed by atoms with Crippen LogP contribution < -0.4 is 5.73 Å². The van der Waals surface area contributed by atoms with Gasteiger partial charge in [0.2, 0.25) is 10.0 Å². The average molecular weight is 274 g/mol. The summed E-state index contributed by atoms with van der Waals surface area (Å²) in [4.78, 5) is 1.27. The molecule has 0 aromatic carbocycles. The first-order valence-electron chi connectivity index (χ1n) is 5.72. The van der Waals surface area contributed by atoms with Crippen molar-refractivity contribution in [1.29, 1.82) is 0 Å². The quantitative estimate of drug-likeness (QED) is 0.887. The van der Waals surface area contributed by atoms with Crippen LogP contribution in [0.2, 0.25) is 0 Å². The Bertz CT molecular complexity index is 491. The van der Waals surface area contributed by atoms with Gasteiger partial charge in [-0.15, -0.1) is 11.3 Å². The van der Waals surface area contributed by atoms with Crippen LogP contribution in [0, 0.1) is 5.92 Å². The van der Waals surface area contributed by atoms with Gasteiger partial charge in [0.25, 0.3) is 0 Å². The van der Waals surface area contributed by atoms with Crippen LogP contribution >= 0.6 is 11.3 Å². The summed E-state index contributed by atoms with van der Waals surface area (Å²) in [5.74, 6) is 0.530. The molecule has 1 aromatic rings. The normalized spacial score (nSPS) is 18.6. The van der Waals surface area contributed by atoms with E-state index in [1.54, 1.807) is 18.5 Å². The van der Waals surface area contributed by atoms with Gasteiger partial charge in [-0.1, -0.05) is 0 Å². The highest BCUT2D eigenvalue weighted by molar-refractivity contribution is 7.89. The molecular weight excluding hydrogens is 256 g/mol. The standard InChI is InChI=1S/C11H18N2O2S2/c1-8(9-3-4-9)13(2)17(14,15)11-5-10(6-12)16-7-11/h5,7-9H,3-4,6,12H2,1-2H3. The second kappa shape index (κ2) is 4.68. The first-order valence-corrected chi connectivity index (χ1v) is 8.04. The van der Waals surface area contributed by atoms with Gasteiger partial charge in [0, 0.05) is 29.9 Å². The zero-order valence-corrected chi connectivity index (χ0v) is 11.7. The van der Waals surface area contributed by atoms with Crippen LogP contribution in [0.4, 0.5) is 0 Å². The molecule has 0 aliphatic heterocycles. The summed E-state index contributed by atoms with van der Waals surface area (Å²) in [5, 5.41) is 1.67. The lowest BCUT2D eigenvalue weighted by molar-refractivity contribution is 0.357. The third kappa shape index (κ3) is 2.54. The smallest absolute Gasteiger partial charge is 0.243 e. The van der Waals surface area contributed by atoms with Crippen molar-refractivity contribution in [3.05, 3.63) is 16.3 Å². The molecule has 1 aliphatic rings. The van der Waals surface area contributed by atoms with Crippen molar-refractivity contribution in [3.63, 3.8) is 0 Å². The molecule has 17 heavy (non-hydrogen) atoms. The van der Waals surface area contributed by atoms with Crippen LogP contribution in [0.1, 0.15) is 24.6 Å². The molecule has 1 heterocycles. The highest BCUT2D eigenvalue weighted by atomic mass is 32.2. The van der Waals surface area contributed by atoms with E-state index in [-0.39, 0.29) is 6.04 Å². The van der Waals surface area contributed by atoms with E-state index in [0.29, 0.717) is 17.4 Å². The lowest BCUT2D eigenvalue weighted by Crippen LogP contribution is -2.36. The second-order valence-electron chi connectivity index (χ2n) is 4.55. The summed E-state index contributed by atoms with van der Waals surface area (Å²) in [6.07, 6.45) is 2.28. The minimum atomic E-state index is -3.34. The van der Waals surface area contributed by atoms with Crippen LogP contribution in [0.15, 0.2) is 16.3 Å². The Hall–Kier alpha value is -0.430. The van der Waals surface area contributed by atoms with E-state index < -0.39 is 10.0 Å². The number of sulfonamides is 1. The van der Waals surface area contributed by atoms with Gasteiger partial charge in [-0.3, -0.25) is 0 Å². The van der Waals surface area contributed by atoms with Crippen LogP contribution in [-0.4, -0.2) is 25.8 Å². The number of hydrogen-bond acceptors (Lipinski definition) is 4. The van der Waals surface area contributed by atoms with Crippen LogP contribution in [-0.2, 0) is 16.6 Å². The summed E-state index contributed by atoms with van der Waals surface area (Å²) >= 11 is 1.40. The topological polar surface area (TPSA) is 63.4 Å². The molecule has 0 amide bonds. The maximum atomic E-state index is 12.3. The predicted octanol–water partition coefficient (Wildman–Crippen LogP) is 1.63. The predicted molar refractivity (Wildman–Crippen MR) is 69.3 cm³/mol. The van der Waals surface area contributed by atoms with Crippen molar-refractivity contribution in [2.45, 2.75) is 37.2 Å². The SMILES string of the molecule is CC(C1CC1)N(C)S(=O)(=O)c1csc(CN)c1. The first-order chi connectivity index (χ1) is 7.96. The average Bonchev–Trinajstić information content (AvgIpc) is 3.04. The molecule has 6 heteroatoms. The minimum Gasteiger partial charge on any atom is -0.326 e.